The zero-order valence-electron chi connectivity index (χ0n) is 13.1. The Morgan fingerprint density at radius 3 is 2.57 bits per heavy atom. The first-order valence-corrected chi connectivity index (χ1v) is 9.18. The second-order valence-corrected chi connectivity index (χ2v) is 7.75. The average molecular weight is 314 g/mol. The van der Waals surface area contributed by atoms with Crippen molar-refractivity contribution in [2.75, 3.05) is 0 Å². The molecule has 0 bridgehead atoms. The molecule has 0 aliphatic heterocycles. The lowest BCUT2D eigenvalue weighted by Crippen LogP contribution is -2.37. The molecule has 7 heteroatoms. The number of H-pyrrole nitrogens is 1. The summed E-state index contributed by atoms with van der Waals surface area (Å²) in [5.74, 6) is 0. The van der Waals surface area contributed by atoms with E-state index in [1.807, 2.05) is 20.8 Å². The molecule has 0 unspecified atom stereocenters. The number of aromatic nitrogens is 2. The number of sulfonamides is 1. The normalized spacial score (nSPS) is 17.5. The quantitative estimate of drug-likeness (QED) is 0.747. The lowest BCUT2D eigenvalue weighted by Gasteiger charge is -2.22. The van der Waals surface area contributed by atoms with E-state index in [4.69, 9.17) is 0 Å². The van der Waals surface area contributed by atoms with Crippen molar-refractivity contribution in [2.24, 2.45) is 0 Å². The molecule has 0 spiro atoms. The van der Waals surface area contributed by atoms with Crippen molar-refractivity contribution in [3.63, 3.8) is 0 Å². The first-order chi connectivity index (χ1) is 9.90. The van der Waals surface area contributed by atoms with E-state index in [0.29, 0.717) is 12.6 Å². The van der Waals surface area contributed by atoms with Crippen molar-refractivity contribution in [3.8, 4) is 0 Å². The highest BCUT2D eigenvalue weighted by atomic mass is 32.2. The minimum atomic E-state index is -3.55. The molecule has 0 aromatic carbocycles. The Morgan fingerprint density at radius 1 is 1.29 bits per heavy atom. The smallest absolute Gasteiger partial charge is 0.260 e. The third kappa shape index (κ3) is 4.28. The summed E-state index contributed by atoms with van der Waals surface area (Å²) in [5.41, 5.74) is 1.53. The van der Waals surface area contributed by atoms with Crippen molar-refractivity contribution in [3.05, 3.63) is 11.3 Å². The number of aryl methyl sites for hydroxylation is 1. The number of aromatic amines is 1. The molecule has 3 N–H and O–H groups in total. The van der Waals surface area contributed by atoms with Gasteiger partial charge in [-0.1, -0.05) is 33.1 Å². The van der Waals surface area contributed by atoms with Gasteiger partial charge < -0.3 is 5.32 Å². The van der Waals surface area contributed by atoms with Crippen LogP contribution in [0.25, 0.3) is 0 Å². The Kier molecular flexibility index (Phi) is 5.40. The van der Waals surface area contributed by atoms with Crippen LogP contribution in [0, 0.1) is 6.92 Å². The fourth-order valence-electron chi connectivity index (χ4n) is 2.66. The molecule has 6 nitrogen and oxygen atoms in total. The summed E-state index contributed by atoms with van der Waals surface area (Å²) in [4.78, 5) is 0. The first kappa shape index (κ1) is 16.5. The first-order valence-electron chi connectivity index (χ1n) is 7.69. The van der Waals surface area contributed by atoms with E-state index >= 15 is 0 Å². The van der Waals surface area contributed by atoms with Gasteiger partial charge in [-0.3, -0.25) is 5.10 Å². The van der Waals surface area contributed by atoms with Gasteiger partial charge in [-0.25, -0.2) is 13.1 Å². The van der Waals surface area contributed by atoms with Crippen LogP contribution in [0.4, 0.5) is 0 Å². The fraction of sp³-hybridized carbons (Fsp3) is 0.786. The second kappa shape index (κ2) is 6.89. The molecule has 21 heavy (non-hydrogen) atoms. The van der Waals surface area contributed by atoms with Crippen LogP contribution in [-0.2, 0) is 16.6 Å². The Bertz CT molecular complexity index is 560. The summed E-state index contributed by atoms with van der Waals surface area (Å²) in [7, 11) is -3.55. The van der Waals surface area contributed by atoms with Crippen LogP contribution in [0.3, 0.4) is 0 Å². The number of rotatable bonds is 6. The molecule has 1 saturated carbocycles. The van der Waals surface area contributed by atoms with Crippen molar-refractivity contribution < 1.29 is 8.42 Å². The van der Waals surface area contributed by atoms with E-state index in [9.17, 15) is 8.42 Å². The minimum absolute atomic E-state index is 0.0478. The molecular weight excluding hydrogens is 288 g/mol. The standard InChI is InChI=1S/C14H26N4O2S/c1-10(2)15-9-13-11(3)16-17-14(13)21(19,20)18-12-7-5-4-6-8-12/h10,12,15,18H,4-9H2,1-3H3,(H,16,17). The molecular formula is C14H26N4O2S. The highest BCUT2D eigenvalue weighted by molar-refractivity contribution is 7.89. The second-order valence-electron chi connectivity index (χ2n) is 6.12. The van der Waals surface area contributed by atoms with E-state index in [1.54, 1.807) is 0 Å². The predicted molar refractivity (Wildman–Crippen MR) is 82.5 cm³/mol. The number of hydrogen-bond acceptors (Lipinski definition) is 4. The Balaban J connectivity index is 2.15. The summed E-state index contributed by atoms with van der Waals surface area (Å²) in [6, 6.07) is 0.341. The van der Waals surface area contributed by atoms with Crippen LogP contribution in [0.15, 0.2) is 5.03 Å². The van der Waals surface area contributed by atoms with Gasteiger partial charge in [0.1, 0.15) is 0 Å². The Labute approximate surface area is 127 Å². The summed E-state index contributed by atoms with van der Waals surface area (Å²) >= 11 is 0. The molecule has 1 heterocycles. The van der Waals surface area contributed by atoms with E-state index < -0.39 is 10.0 Å². The van der Waals surface area contributed by atoms with Crippen LogP contribution in [-0.4, -0.2) is 30.7 Å². The van der Waals surface area contributed by atoms with Gasteiger partial charge in [0.2, 0.25) is 0 Å². The highest BCUT2D eigenvalue weighted by Gasteiger charge is 2.27. The topological polar surface area (TPSA) is 86.9 Å². The van der Waals surface area contributed by atoms with Gasteiger partial charge in [0.05, 0.1) is 0 Å². The summed E-state index contributed by atoms with van der Waals surface area (Å²) in [5, 5.41) is 10.2. The molecule has 1 aromatic rings. The van der Waals surface area contributed by atoms with Crippen molar-refractivity contribution >= 4 is 10.0 Å². The van der Waals surface area contributed by atoms with Gasteiger partial charge in [0.25, 0.3) is 10.0 Å². The van der Waals surface area contributed by atoms with Crippen LogP contribution in [0.2, 0.25) is 0 Å². The number of nitrogens with zero attached hydrogens (tertiary/aromatic N) is 1. The van der Waals surface area contributed by atoms with Crippen LogP contribution >= 0.6 is 0 Å². The average Bonchev–Trinajstić information content (AvgIpc) is 2.79. The van der Waals surface area contributed by atoms with Crippen molar-refractivity contribution in [1.82, 2.24) is 20.2 Å². The fourth-order valence-corrected chi connectivity index (χ4v) is 4.16. The lowest BCUT2D eigenvalue weighted by atomic mass is 9.96. The lowest BCUT2D eigenvalue weighted by molar-refractivity contribution is 0.411. The van der Waals surface area contributed by atoms with E-state index in [-0.39, 0.29) is 11.1 Å². The van der Waals surface area contributed by atoms with Gasteiger partial charge in [0, 0.05) is 29.9 Å². The van der Waals surface area contributed by atoms with Gasteiger partial charge >= 0.3 is 0 Å². The predicted octanol–water partition coefficient (Wildman–Crippen LogP) is 1.83. The maximum Gasteiger partial charge on any atom is 0.260 e. The number of hydrogen-bond donors (Lipinski definition) is 3. The Morgan fingerprint density at radius 2 is 1.95 bits per heavy atom. The molecule has 0 radical (unpaired) electrons. The zero-order chi connectivity index (χ0) is 15.5. The van der Waals surface area contributed by atoms with Crippen LogP contribution in [0.5, 0.6) is 0 Å². The largest absolute Gasteiger partial charge is 0.310 e. The highest BCUT2D eigenvalue weighted by Crippen LogP contribution is 2.21. The molecule has 1 fully saturated rings. The molecule has 120 valence electrons. The third-order valence-corrected chi connectivity index (χ3v) is 5.40. The SMILES string of the molecule is Cc1[nH]nc(S(=O)(=O)NC2CCCCC2)c1CNC(C)C. The van der Waals surface area contributed by atoms with Crippen LogP contribution in [0.1, 0.15) is 57.2 Å². The molecule has 0 saturated heterocycles. The molecule has 1 aliphatic rings. The minimum Gasteiger partial charge on any atom is -0.310 e. The van der Waals surface area contributed by atoms with Gasteiger partial charge in [-0.05, 0) is 19.8 Å². The van der Waals surface area contributed by atoms with Gasteiger partial charge in [-0.15, -0.1) is 0 Å². The van der Waals surface area contributed by atoms with E-state index in [0.717, 1.165) is 36.9 Å². The molecule has 0 amide bonds. The van der Waals surface area contributed by atoms with Crippen molar-refractivity contribution in [1.29, 1.82) is 0 Å². The maximum atomic E-state index is 12.6. The van der Waals surface area contributed by atoms with Crippen molar-refractivity contribution in [2.45, 2.75) is 76.5 Å². The maximum absolute atomic E-state index is 12.6. The van der Waals surface area contributed by atoms with E-state index in [2.05, 4.69) is 20.2 Å². The summed E-state index contributed by atoms with van der Waals surface area (Å²) < 4.78 is 27.9. The summed E-state index contributed by atoms with van der Waals surface area (Å²) in [6.07, 6.45) is 5.22. The van der Waals surface area contributed by atoms with E-state index in [1.165, 1.54) is 6.42 Å². The monoisotopic (exact) mass is 314 g/mol. The van der Waals surface area contributed by atoms with Crippen LogP contribution < -0.4 is 10.0 Å². The van der Waals surface area contributed by atoms with Gasteiger partial charge in [0.15, 0.2) is 5.03 Å². The molecule has 2 rings (SSSR count). The third-order valence-electron chi connectivity index (χ3n) is 3.90. The molecule has 1 aromatic heterocycles. The zero-order valence-corrected chi connectivity index (χ0v) is 13.9. The summed E-state index contributed by atoms with van der Waals surface area (Å²) in [6.45, 7) is 6.42. The van der Waals surface area contributed by atoms with Gasteiger partial charge in [-0.2, -0.15) is 5.10 Å². The molecule has 0 atom stereocenters. The molecule has 1 aliphatic carbocycles. The number of nitrogens with one attached hydrogen (secondary N) is 3. The Hall–Kier alpha value is -0.920.